The maximum absolute atomic E-state index is 4.61. The van der Waals surface area contributed by atoms with E-state index in [0.717, 1.165) is 38.2 Å². The van der Waals surface area contributed by atoms with Gasteiger partial charge in [-0.1, -0.05) is 30.7 Å². The number of hydrogen-bond donors (Lipinski definition) is 2. The number of piperidine rings is 1. The Morgan fingerprint density at radius 1 is 1.08 bits per heavy atom. The summed E-state index contributed by atoms with van der Waals surface area (Å²) < 4.78 is 0. The Morgan fingerprint density at radius 3 is 2.29 bits per heavy atom. The predicted molar refractivity (Wildman–Crippen MR) is 114 cm³/mol. The molecule has 4 nitrogen and oxygen atoms in total. The molecule has 1 aromatic rings. The van der Waals surface area contributed by atoms with Crippen LogP contribution in [0.15, 0.2) is 29.3 Å². The summed E-state index contributed by atoms with van der Waals surface area (Å²) in [6.45, 7) is 11.3. The fraction of sp³-hybridized carbons (Fsp3) is 0.632. The number of guanidine groups is 1. The van der Waals surface area contributed by atoms with Crippen LogP contribution in [0.4, 0.5) is 0 Å². The highest BCUT2D eigenvalue weighted by Crippen LogP contribution is 2.19. The van der Waals surface area contributed by atoms with Crippen molar-refractivity contribution in [2.45, 2.75) is 59.2 Å². The molecule has 0 aromatic heterocycles. The third-order valence-electron chi connectivity index (χ3n) is 4.46. The molecule has 1 aliphatic heterocycles. The maximum Gasteiger partial charge on any atom is 0.191 e. The first kappa shape index (κ1) is 21.2. The van der Waals surface area contributed by atoms with Crippen molar-refractivity contribution in [2.24, 2.45) is 4.99 Å². The monoisotopic (exact) mass is 444 g/mol. The molecule has 24 heavy (non-hydrogen) atoms. The van der Waals surface area contributed by atoms with Crippen LogP contribution in [0.25, 0.3) is 0 Å². The van der Waals surface area contributed by atoms with Crippen molar-refractivity contribution in [3.8, 4) is 0 Å². The number of hydrogen-bond acceptors (Lipinski definition) is 2. The largest absolute Gasteiger partial charge is 0.357 e. The van der Waals surface area contributed by atoms with Crippen molar-refractivity contribution in [1.82, 2.24) is 15.5 Å². The van der Waals surface area contributed by atoms with Crippen LogP contribution >= 0.6 is 24.0 Å². The van der Waals surface area contributed by atoms with Crippen LogP contribution in [-0.4, -0.2) is 36.5 Å². The average Bonchev–Trinajstić information content (AvgIpc) is 2.56. The van der Waals surface area contributed by atoms with Gasteiger partial charge in [0.1, 0.15) is 0 Å². The van der Waals surface area contributed by atoms with Gasteiger partial charge in [0.25, 0.3) is 0 Å². The lowest BCUT2D eigenvalue weighted by Gasteiger charge is -2.33. The van der Waals surface area contributed by atoms with Crippen LogP contribution in [0.1, 0.15) is 51.2 Å². The molecule has 1 unspecified atom stereocenters. The molecule has 1 saturated heterocycles. The van der Waals surface area contributed by atoms with Crippen LogP contribution < -0.4 is 10.6 Å². The molecule has 0 aliphatic carbocycles. The number of rotatable bonds is 6. The van der Waals surface area contributed by atoms with Crippen LogP contribution in [0.3, 0.4) is 0 Å². The molecule has 5 heteroatoms. The summed E-state index contributed by atoms with van der Waals surface area (Å²) in [7, 11) is 0. The lowest BCUT2D eigenvalue weighted by Crippen LogP contribution is -2.37. The zero-order valence-corrected chi connectivity index (χ0v) is 17.7. The third-order valence-corrected chi connectivity index (χ3v) is 4.46. The van der Waals surface area contributed by atoms with Gasteiger partial charge >= 0.3 is 0 Å². The summed E-state index contributed by atoms with van der Waals surface area (Å²) in [4.78, 5) is 7.22. The summed E-state index contributed by atoms with van der Waals surface area (Å²) in [6.07, 6.45) is 4.06. The van der Waals surface area contributed by atoms with E-state index in [-0.39, 0.29) is 24.0 Å². The quantitative estimate of drug-likeness (QED) is 0.399. The molecule has 2 N–H and O–H groups in total. The number of aliphatic imine (C=N–C) groups is 1. The van der Waals surface area contributed by atoms with Crippen molar-refractivity contribution < 1.29 is 0 Å². The SMILES string of the molecule is CCNC(=NCc1ccc(CN2CCCCC2C)cc1)NCC.I. The highest BCUT2D eigenvalue weighted by Gasteiger charge is 2.17. The fourth-order valence-electron chi connectivity index (χ4n) is 3.06. The van der Waals surface area contributed by atoms with E-state index >= 15 is 0 Å². The minimum Gasteiger partial charge on any atom is -0.357 e. The second-order valence-electron chi connectivity index (χ2n) is 6.36. The molecule has 0 saturated carbocycles. The Morgan fingerprint density at radius 2 is 1.71 bits per heavy atom. The van der Waals surface area contributed by atoms with E-state index in [1.165, 1.54) is 36.9 Å². The van der Waals surface area contributed by atoms with E-state index in [4.69, 9.17) is 0 Å². The van der Waals surface area contributed by atoms with Crippen molar-refractivity contribution in [3.05, 3.63) is 35.4 Å². The van der Waals surface area contributed by atoms with E-state index in [2.05, 4.69) is 65.6 Å². The molecule has 1 aliphatic rings. The summed E-state index contributed by atoms with van der Waals surface area (Å²) in [5.41, 5.74) is 2.67. The molecule has 2 rings (SSSR count). The maximum atomic E-state index is 4.61. The average molecular weight is 444 g/mol. The van der Waals surface area contributed by atoms with Gasteiger partial charge in [-0.3, -0.25) is 4.90 Å². The summed E-state index contributed by atoms with van der Waals surface area (Å²) in [5, 5.41) is 6.51. The zero-order chi connectivity index (χ0) is 16.5. The lowest BCUT2D eigenvalue weighted by molar-refractivity contribution is 0.152. The van der Waals surface area contributed by atoms with Crippen LogP contribution in [0.2, 0.25) is 0 Å². The van der Waals surface area contributed by atoms with Gasteiger partial charge in [-0.25, -0.2) is 4.99 Å². The van der Waals surface area contributed by atoms with Gasteiger partial charge < -0.3 is 10.6 Å². The van der Waals surface area contributed by atoms with Crippen molar-refractivity contribution >= 4 is 29.9 Å². The molecule has 136 valence electrons. The Bertz CT molecular complexity index is 479. The van der Waals surface area contributed by atoms with Gasteiger partial charge in [0.15, 0.2) is 5.96 Å². The van der Waals surface area contributed by atoms with Crippen LogP contribution in [0.5, 0.6) is 0 Å². The Labute approximate surface area is 164 Å². The molecule has 0 bridgehead atoms. The van der Waals surface area contributed by atoms with Gasteiger partial charge in [-0.2, -0.15) is 0 Å². The molecule has 1 aromatic carbocycles. The van der Waals surface area contributed by atoms with Crippen molar-refractivity contribution in [1.29, 1.82) is 0 Å². The van der Waals surface area contributed by atoms with Crippen molar-refractivity contribution in [3.63, 3.8) is 0 Å². The van der Waals surface area contributed by atoms with E-state index < -0.39 is 0 Å². The molecule has 0 spiro atoms. The molecular formula is C19H33IN4. The summed E-state index contributed by atoms with van der Waals surface area (Å²) in [6, 6.07) is 9.65. The van der Waals surface area contributed by atoms with Gasteiger partial charge in [-0.05, 0) is 51.3 Å². The minimum absolute atomic E-state index is 0. The van der Waals surface area contributed by atoms with E-state index in [1.54, 1.807) is 0 Å². The highest BCUT2D eigenvalue weighted by atomic mass is 127. The predicted octanol–water partition coefficient (Wildman–Crippen LogP) is 3.75. The van der Waals surface area contributed by atoms with Crippen LogP contribution in [0, 0.1) is 0 Å². The van der Waals surface area contributed by atoms with Gasteiger partial charge in [0, 0.05) is 25.7 Å². The van der Waals surface area contributed by atoms with E-state index in [9.17, 15) is 0 Å². The fourth-order valence-corrected chi connectivity index (χ4v) is 3.06. The molecule has 1 fully saturated rings. The first-order valence-electron chi connectivity index (χ1n) is 9.07. The molecule has 1 atom stereocenters. The minimum atomic E-state index is 0. The van der Waals surface area contributed by atoms with Crippen molar-refractivity contribution in [2.75, 3.05) is 19.6 Å². The molecule has 1 heterocycles. The normalized spacial score (nSPS) is 17.7. The highest BCUT2D eigenvalue weighted by molar-refractivity contribution is 14.0. The molecular weight excluding hydrogens is 411 g/mol. The van der Waals surface area contributed by atoms with Gasteiger partial charge in [0.05, 0.1) is 6.54 Å². The molecule has 0 radical (unpaired) electrons. The first-order valence-corrected chi connectivity index (χ1v) is 9.07. The Hall–Kier alpha value is -0.820. The second-order valence-corrected chi connectivity index (χ2v) is 6.36. The third kappa shape index (κ3) is 6.97. The van der Waals surface area contributed by atoms with E-state index in [1.807, 2.05) is 0 Å². The summed E-state index contributed by atoms with van der Waals surface area (Å²) in [5.74, 6) is 0.890. The number of halogens is 1. The molecule has 0 amide bonds. The topological polar surface area (TPSA) is 39.7 Å². The number of nitrogens with one attached hydrogen (secondary N) is 2. The van der Waals surface area contributed by atoms with Gasteiger partial charge in [-0.15, -0.1) is 24.0 Å². The summed E-state index contributed by atoms with van der Waals surface area (Å²) >= 11 is 0. The second kappa shape index (κ2) is 11.7. The first-order chi connectivity index (χ1) is 11.2. The van der Waals surface area contributed by atoms with Gasteiger partial charge in [0.2, 0.25) is 0 Å². The van der Waals surface area contributed by atoms with E-state index in [0.29, 0.717) is 0 Å². The number of benzene rings is 1. The number of likely N-dealkylation sites (tertiary alicyclic amines) is 1. The number of nitrogens with zero attached hydrogens (tertiary/aromatic N) is 2. The standard InChI is InChI=1S/C19H32N4.HI/c1-4-20-19(21-5-2)22-14-17-9-11-18(12-10-17)15-23-13-7-6-8-16(23)3;/h9-12,16H,4-8,13-15H2,1-3H3,(H2,20,21,22);1H. The Balaban J connectivity index is 0.00000288. The Kier molecular flexibility index (Phi) is 10.3. The zero-order valence-electron chi connectivity index (χ0n) is 15.3. The van der Waals surface area contributed by atoms with Crippen LogP contribution in [-0.2, 0) is 13.1 Å². The smallest absolute Gasteiger partial charge is 0.191 e. The lowest BCUT2D eigenvalue weighted by atomic mass is 10.0.